The number of hydrogen-bond donors (Lipinski definition) is 0. The van der Waals surface area contributed by atoms with Gasteiger partial charge in [0.1, 0.15) is 0 Å². The molecule has 0 heterocycles. The van der Waals surface area contributed by atoms with E-state index in [9.17, 15) is 0 Å². The molecule has 0 saturated heterocycles. The summed E-state index contributed by atoms with van der Waals surface area (Å²) in [6.07, 6.45) is 2.23. The fourth-order valence-electron chi connectivity index (χ4n) is 2.44. The van der Waals surface area contributed by atoms with Crippen LogP contribution in [0.2, 0.25) is 0 Å². The third-order valence-corrected chi connectivity index (χ3v) is 4.04. The molecule has 2 aromatic rings. The number of ether oxygens (including phenoxy) is 1. The molecule has 1 heteroatoms. The summed E-state index contributed by atoms with van der Waals surface area (Å²) in [7, 11) is 1.78. The fraction of sp³-hybridized carbons (Fsp3) is 0.368. The Morgan fingerprint density at radius 2 is 1.55 bits per heavy atom. The Morgan fingerprint density at radius 1 is 0.900 bits per heavy atom. The zero-order valence-electron chi connectivity index (χ0n) is 12.7. The largest absolute Gasteiger partial charge is 0.376 e. The van der Waals surface area contributed by atoms with Crippen molar-refractivity contribution in [2.45, 2.75) is 38.7 Å². The predicted octanol–water partition coefficient (Wildman–Crippen LogP) is 5.13. The van der Waals surface area contributed by atoms with Crippen molar-refractivity contribution in [3.8, 4) is 0 Å². The van der Waals surface area contributed by atoms with E-state index in [2.05, 4.69) is 62.4 Å². The van der Waals surface area contributed by atoms with Crippen molar-refractivity contribution >= 4 is 0 Å². The zero-order valence-corrected chi connectivity index (χ0v) is 12.7. The Balaban J connectivity index is 2.08. The normalized spacial score (nSPS) is 13.9. The molecule has 0 spiro atoms. The highest BCUT2D eigenvalue weighted by Crippen LogP contribution is 2.24. The van der Waals surface area contributed by atoms with Gasteiger partial charge < -0.3 is 4.74 Å². The third-order valence-electron chi connectivity index (χ3n) is 4.04. The van der Waals surface area contributed by atoms with E-state index in [4.69, 9.17) is 4.74 Å². The molecule has 106 valence electrons. The summed E-state index contributed by atoms with van der Waals surface area (Å²) in [4.78, 5) is 0. The van der Waals surface area contributed by atoms with Gasteiger partial charge in [-0.1, -0.05) is 68.4 Å². The molecule has 0 aromatic heterocycles. The van der Waals surface area contributed by atoms with Crippen LogP contribution in [0.5, 0.6) is 0 Å². The van der Waals surface area contributed by atoms with Gasteiger partial charge in [0.2, 0.25) is 0 Å². The van der Waals surface area contributed by atoms with Gasteiger partial charge in [-0.05, 0) is 29.0 Å². The molecule has 0 bridgehead atoms. The molecule has 0 N–H and O–H groups in total. The van der Waals surface area contributed by atoms with Gasteiger partial charge >= 0.3 is 0 Å². The molecular formula is C19H24O. The van der Waals surface area contributed by atoms with Gasteiger partial charge in [0.05, 0.1) is 6.10 Å². The first-order valence-electron chi connectivity index (χ1n) is 7.41. The summed E-state index contributed by atoms with van der Waals surface area (Å²) >= 11 is 0. The lowest BCUT2D eigenvalue weighted by Gasteiger charge is -2.16. The molecule has 0 aliphatic rings. The third kappa shape index (κ3) is 3.71. The molecular weight excluding hydrogens is 244 g/mol. The fourth-order valence-corrected chi connectivity index (χ4v) is 2.44. The van der Waals surface area contributed by atoms with Gasteiger partial charge in [-0.15, -0.1) is 0 Å². The van der Waals surface area contributed by atoms with Gasteiger partial charge in [0.25, 0.3) is 0 Å². The average molecular weight is 268 g/mol. The van der Waals surface area contributed by atoms with Crippen LogP contribution in [0.4, 0.5) is 0 Å². The predicted molar refractivity (Wildman–Crippen MR) is 85.0 cm³/mol. The standard InChI is InChI=1S/C19H24O/c1-4-15(2)17-12-10-16(11-13-17)14-19(20-3)18-8-6-5-7-9-18/h5-13,15,19H,4,14H2,1-3H3. The van der Waals surface area contributed by atoms with E-state index in [1.165, 1.54) is 23.1 Å². The maximum Gasteiger partial charge on any atom is 0.0861 e. The first-order valence-corrected chi connectivity index (χ1v) is 7.41. The zero-order chi connectivity index (χ0) is 14.4. The van der Waals surface area contributed by atoms with Crippen LogP contribution in [0, 0.1) is 0 Å². The van der Waals surface area contributed by atoms with Gasteiger partial charge in [-0.25, -0.2) is 0 Å². The summed E-state index contributed by atoms with van der Waals surface area (Å²) in [6, 6.07) is 19.4. The van der Waals surface area contributed by atoms with Gasteiger partial charge in [-0.3, -0.25) is 0 Å². The molecule has 2 aromatic carbocycles. The topological polar surface area (TPSA) is 9.23 Å². The van der Waals surface area contributed by atoms with Crippen molar-refractivity contribution in [2.24, 2.45) is 0 Å². The minimum atomic E-state index is 0.130. The number of methoxy groups -OCH3 is 1. The highest BCUT2D eigenvalue weighted by atomic mass is 16.5. The smallest absolute Gasteiger partial charge is 0.0861 e. The first kappa shape index (κ1) is 14.8. The van der Waals surface area contributed by atoms with Crippen LogP contribution in [0.1, 0.15) is 49.0 Å². The Morgan fingerprint density at radius 3 is 2.10 bits per heavy atom. The number of benzene rings is 2. The lowest BCUT2D eigenvalue weighted by atomic mass is 9.95. The van der Waals surface area contributed by atoms with Gasteiger partial charge in [0.15, 0.2) is 0 Å². The van der Waals surface area contributed by atoms with Crippen molar-refractivity contribution in [3.05, 3.63) is 71.3 Å². The summed E-state index contributed by atoms with van der Waals surface area (Å²) in [5.74, 6) is 0.636. The Bertz CT molecular complexity index is 501. The Labute approximate surface area is 122 Å². The minimum Gasteiger partial charge on any atom is -0.376 e. The summed E-state index contributed by atoms with van der Waals surface area (Å²) in [6.45, 7) is 4.51. The molecule has 0 radical (unpaired) electrons. The highest BCUT2D eigenvalue weighted by molar-refractivity contribution is 5.27. The minimum absolute atomic E-state index is 0.130. The van der Waals surface area contributed by atoms with E-state index in [0.29, 0.717) is 5.92 Å². The van der Waals surface area contributed by atoms with E-state index >= 15 is 0 Å². The maximum absolute atomic E-state index is 5.64. The second-order valence-electron chi connectivity index (χ2n) is 5.39. The lowest BCUT2D eigenvalue weighted by molar-refractivity contribution is 0.104. The van der Waals surface area contributed by atoms with Crippen LogP contribution in [0.3, 0.4) is 0 Å². The van der Waals surface area contributed by atoms with Crippen LogP contribution in [-0.2, 0) is 11.2 Å². The van der Waals surface area contributed by atoms with Gasteiger partial charge in [-0.2, -0.15) is 0 Å². The van der Waals surface area contributed by atoms with E-state index < -0.39 is 0 Å². The lowest BCUT2D eigenvalue weighted by Crippen LogP contribution is -2.05. The van der Waals surface area contributed by atoms with E-state index in [-0.39, 0.29) is 6.10 Å². The van der Waals surface area contributed by atoms with E-state index in [1.54, 1.807) is 7.11 Å². The SMILES string of the molecule is CCC(C)c1ccc(CC(OC)c2ccccc2)cc1. The maximum atomic E-state index is 5.64. The Hall–Kier alpha value is -1.60. The number of hydrogen-bond acceptors (Lipinski definition) is 1. The van der Waals surface area contributed by atoms with E-state index in [1.807, 2.05) is 6.07 Å². The van der Waals surface area contributed by atoms with Crippen LogP contribution in [0.25, 0.3) is 0 Å². The Kier molecular flexibility index (Phi) is 5.37. The molecule has 1 nitrogen and oxygen atoms in total. The second kappa shape index (κ2) is 7.25. The molecule has 2 atom stereocenters. The van der Waals surface area contributed by atoms with Crippen LogP contribution in [-0.4, -0.2) is 7.11 Å². The van der Waals surface area contributed by atoms with E-state index in [0.717, 1.165) is 6.42 Å². The van der Waals surface area contributed by atoms with Crippen molar-refractivity contribution in [1.82, 2.24) is 0 Å². The molecule has 0 aliphatic carbocycles. The molecule has 0 aliphatic heterocycles. The molecule has 20 heavy (non-hydrogen) atoms. The van der Waals surface area contributed by atoms with Crippen molar-refractivity contribution in [3.63, 3.8) is 0 Å². The average Bonchev–Trinajstić information content (AvgIpc) is 2.53. The van der Waals surface area contributed by atoms with Gasteiger partial charge in [0, 0.05) is 13.5 Å². The molecule has 0 amide bonds. The second-order valence-corrected chi connectivity index (χ2v) is 5.39. The van der Waals surface area contributed by atoms with Crippen LogP contribution < -0.4 is 0 Å². The van der Waals surface area contributed by atoms with Crippen LogP contribution in [0.15, 0.2) is 54.6 Å². The first-order chi connectivity index (χ1) is 9.74. The van der Waals surface area contributed by atoms with Crippen molar-refractivity contribution in [1.29, 1.82) is 0 Å². The summed E-state index contributed by atoms with van der Waals surface area (Å²) < 4.78 is 5.64. The summed E-state index contributed by atoms with van der Waals surface area (Å²) in [5.41, 5.74) is 3.98. The highest BCUT2D eigenvalue weighted by Gasteiger charge is 2.11. The quantitative estimate of drug-likeness (QED) is 0.705. The molecule has 0 saturated carbocycles. The summed E-state index contributed by atoms with van der Waals surface area (Å²) in [5, 5.41) is 0. The molecule has 2 unspecified atom stereocenters. The molecule has 0 fully saturated rings. The van der Waals surface area contributed by atoms with Crippen molar-refractivity contribution < 1.29 is 4.74 Å². The molecule has 2 rings (SSSR count). The van der Waals surface area contributed by atoms with Crippen LogP contribution >= 0.6 is 0 Å². The number of rotatable bonds is 6. The van der Waals surface area contributed by atoms with Crippen molar-refractivity contribution in [2.75, 3.05) is 7.11 Å². The monoisotopic (exact) mass is 268 g/mol.